The number of rotatable bonds is 4. The van der Waals surface area contributed by atoms with Crippen LogP contribution in [0.15, 0.2) is 36.5 Å². The van der Waals surface area contributed by atoms with Crippen molar-refractivity contribution in [2.45, 2.75) is 19.3 Å². The highest BCUT2D eigenvalue weighted by atomic mass is 16.1. The summed E-state index contributed by atoms with van der Waals surface area (Å²) in [6, 6.07) is 9.44. The van der Waals surface area contributed by atoms with Crippen molar-refractivity contribution in [2.75, 3.05) is 20.1 Å². The van der Waals surface area contributed by atoms with Gasteiger partial charge in [-0.05, 0) is 57.2 Å². The maximum absolute atomic E-state index is 12.3. The number of carbonyl (C=O) groups excluding carboxylic acids is 1. The molecule has 0 aromatic carbocycles. The first-order valence-electron chi connectivity index (χ1n) is 7.67. The topological polar surface area (TPSA) is 59.0 Å². The van der Waals surface area contributed by atoms with Crippen molar-refractivity contribution >= 4 is 5.78 Å². The van der Waals surface area contributed by atoms with Crippen molar-refractivity contribution < 1.29 is 4.79 Å². The van der Waals surface area contributed by atoms with Crippen LogP contribution in [0.2, 0.25) is 0 Å². The maximum Gasteiger partial charge on any atom is 0.142 e. The molecule has 0 radical (unpaired) electrons. The van der Waals surface area contributed by atoms with Gasteiger partial charge in [-0.25, -0.2) is 0 Å². The number of ketones is 1. The summed E-state index contributed by atoms with van der Waals surface area (Å²) in [5.74, 6) is 0.460. The third-order valence-electron chi connectivity index (χ3n) is 4.18. The van der Waals surface area contributed by atoms with E-state index in [2.05, 4.69) is 27.1 Å². The number of hydrogen-bond donors (Lipinski definition) is 0. The molecule has 1 aliphatic rings. The van der Waals surface area contributed by atoms with E-state index >= 15 is 0 Å². The number of pyridine rings is 1. The van der Waals surface area contributed by atoms with Gasteiger partial charge in [-0.1, -0.05) is 6.07 Å². The number of aromatic nitrogens is 3. The number of likely N-dealkylation sites (tertiary alicyclic amines) is 1. The van der Waals surface area contributed by atoms with E-state index in [1.807, 2.05) is 30.3 Å². The Morgan fingerprint density at radius 3 is 2.59 bits per heavy atom. The van der Waals surface area contributed by atoms with Crippen LogP contribution in [-0.4, -0.2) is 46.0 Å². The molecule has 3 heterocycles. The summed E-state index contributed by atoms with van der Waals surface area (Å²) in [4.78, 5) is 18.8. The largest absolute Gasteiger partial charge is 0.306 e. The van der Waals surface area contributed by atoms with E-state index in [9.17, 15) is 4.79 Å². The van der Waals surface area contributed by atoms with Crippen molar-refractivity contribution in [1.29, 1.82) is 0 Å². The van der Waals surface area contributed by atoms with Crippen molar-refractivity contribution in [3.8, 4) is 11.4 Å². The summed E-state index contributed by atoms with van der Waals surface area (Å²) >= 11 is 0. The van der Waals surface area contributed by atoms with Crippen LogP contribution in [0.25, 0.3) is 11.4 Å². The Labute approximate surface area is 130 Å². The lowest BCUT2D eigenvalue weighted by Crippen LogP contribution is -2.34. The highest BCUT2D eigenvalue weighted by Gasteiger charge is 2.23. The molecule has 3 rings (SSSR count). The van der Waals surface area contributed by atoms with Crippen LogP contribution in [0.4, 0.5) is 0 Å². The fourth-order valence-electron chi connectivity index (χ4n) is 2.76. The van der Waals surface area contributed by atoms with Crippen LogP contribution >= 0.6 is 0 Å². The average Bonchev–Trinajstić information content (AvgIpc) is 2.57. The third-order valence-corrected chi connectivity index (χ3v) is 4.18. The predicted molar refractivity (Wildman–Crippen MR) is 84.2 cm³/mol. The van der Waals surface area contributed by atoms with Crippen molar-refractivity contribution in [1.82, 2.24) is 20.1 Å². The fraction of sp³-hybridized carbons (Fsp3) is 0.412. The Kier molecular flexibility index (Phi) is 4.53. The van der Waals surface area contributed by atoms with Crippen LogP contribution in [0.3, 0.4) is 0 Å². The second-order valence-corrected chi connectivity index (χ2v) is 5.85. The van der Waals surface area contributed by atoms with Gasteiger partial charge in [0.25, 0.3) is 0 Å². The van der Waals surface area contributed by atoms with Gasteiger partial charge in [-0.3, -0.25) is 9.78 Å². The van der Waals surface area contributed by atoms with Gasteiger partial charge in [-0.15, -0.1) is 5.10 Å². The van der Waals surface area contributed by atoms with Gasteiger partial charge in [0, 0.05) is 12.1 Å². The van der Waals surface area contributed by atoms with Gasteiger partial charge in [0.2, 0.25) is 0 Å². The highest BCUT2D eigenvalue weighted by molar-refractivity contribution is 5.83. The summed E-state index contributed by atoms with van der Waals surface area (Å²) in [5, 5.41) is 8.37. The first-order valence-corrected chi connectivity index (χ1v) is 7.67. The van der Waals surface area contributed by atoms with Gasteiger partial charge in [0.1, 0.15) is 11.5 Å². The fourth-order valence-corrected chi connectivity index (χ4v) is 2.76. The molecule has 0 aliphatic carbocycles. The Morgan fingerprint density at radius 2 is 1.95 bits per heavy atom. The third kappa shape index (κ3) is 3.54. The summed E-state index contributed by atoms with van der Waals surface area (Å²) in [7, 11) is 2.10. The van der Waals surface area contributed by atoms with Crippen molar-refractivity contribution in [3.05, 3.63) is 42.2 Å². The van der Waals surface area contributed by atoms with Gasteiger partial charge < -0.3 is 4.90 Å². The molecule has 0 spiro atoms. The standard InChI is InChI=1S/C17H20N4O/c1-21-10-7-13(8-11-21)17(22)12-14-5-6-16(20-19-14)15-4-2-3-9-18-15/h2-6,9,13H,7-8,10-12H2,1H3. The molecule has 0 bridgehead atoms. The molecular weight excluding hydrogens is 276 g/mol. The number of carbonyl (C=O) groups is 1. The quantitative estimate of drug-likeness (QED) is 0.863. The van der Waals surface area contributed by atoms with E-state index < -0.39 is 0 Å². The van der Waals surface area contributed by atoms with Crippen molar-refractivity contribution in [3.63, 3.8) is 0 Å². The lowest BCUT2D eigenvalue weighted by Gasteiger charge is -2.27. The molecule has 0 unspecified atom stereocenters. The van der Waals surface area contributed by atoms with Crippen LogP contribution < -0.4 is 0 Å². The lowest BCUT2D eigenvalue weighted by molar-refractivity contribution is -0.123. The smallest absolute Gasteiger partial charge is 0.142 e. The molecule has 0 N–H and O–H groups in total. The Balaban J connectivity index is 1.62. The molecule has 2 aromatic rings. The first kappa shape index (κ1) is 14.8. The maximum atomic E-state index is 12.3. The molecule has 22 heavy (non-hydrogen) atoms. The molecule has 1 saturated heterocycles. The number of nitrogens with zero attached hydrogens (tertiary/aromatic N) is 4. The normalized spacial score (nSPS) is 16.6. The van der Waals surface area contributed by atoms with Crippen LogP contribution in [0.5, 0.6) is 0 Å². The van der Waals surface area contributed by atoms with Gasteiger partial charge in [-0.2, -0.15) is 5.10 Å². The van der Waals surface area contributed by atoms with Crippen LogP contribution in [0.1, 0.15) is 18.5 Å². The molecule has 1 aliphatic heterocycles. The van der Waals surface area contributed by atoms with E-state index in [-0.39, 0.29) is 11.7 Å². The Bertz CT molecular complexity index is 619. The lowest BCUT2D eigenvalue weighted by atomic mass is 9.90. The van der Waals surface area contributed by atoms with Gasteiger partial charge in [0.05, 0.1) is 17.8 Å². The van der Waals surface area contributed by atoms with E-state index in [1.165, 1.54) is 0 Å². The molecule has 5 nitrogen and oxygen atoms in total. The van der Waals surface area contributed by atoms with Gasteiger partial charge >= 0.3 is 0 Å². The minimum atomic E-state index is 0.175. The number of Topliss-reactive ketones (excluding diaryl/α,β-unsaturated/α-hetero) is 1. The highest BCUT2D eigenvalue weighted by Crippen LogP contribution is 2.19. The summed E-state index contributed by atoms with van der Waals surface area (Å²) < 4.78 is 0. The van der Waals surface area contributed by atoms with E-state index in [1.54, 1.807) is 6.20 Å². The monoisotopic (exact) mass is 296 g/mol. The summed E-state index contributed by atoms with van der Waals surface area (Å²) in [5.41, 5.74) is 2.27. The SMILES string of the molecule is CN1CCC(C(=O)Cc2ccc(-c3ccccn3)nn2)CC1. The molecule has 5 heteroatoms. The van der Waals surface area contributed by atoms with E-state index in [4.69, 9.17) is 0 Å². The van der Waals surface area contributed by atoms with E-state index in [0.717, 1.165) is 43.0 Å². The predicted octanol–water partition coefficient (Wildman–Crippen LogP) is 1.99. The molecule has 2 aromatic heterocycles. The molecule has 114 valence electrons. The minimum Gasteiger partial charge on any atom is -0.306 e. The van der Waals surface area contributed by atoms with Crippen LogP contribution in [-0.2, 0) is 11.2 Å². The van der Waals surface area contributed by atoms with Crippen LogP contribution in [0, 0.1) is 5.92 Å². The zero-order valence-corrected chi connectivity index (χ0v) is 12.8. The Morgan fingerprint density at radius 1 is 1.14 bits per heavy atom. The zero-order chi connectivity index (χ0) is 15.4. The Hall–Kier alpha value is -2.14. The zero-order valence-electron chi connectivity index (χ0n) is 12.8. The van der Waals surface area contributed by atoms with Gasteiger partial charge in [0.15, 0.2) is 0 Å². The number of piperidine rings is 1. The first-order chi connectivity index (χ1) is 10.7. The summed E-state index contributed by atoms with van der Waals surface area (Å²) in [6.07, 6.45) is 4.02. The average molecular weight is 296 g/mol. The van der Waals surface area contributed by atoms with Crippen molar-refractivity contribution in [2.24, 2.45) is 5.92 Å². The van der Waals surface area contributed by atoms with E-state index in [0.29, 0.717) is 6.42 Å². The molecule has 0 saturated carbocycles. The minimum absolute atomic E-state index is 0.175. The molecule has 1 fully saturated rings. The molecule has 0 atom stereocenters. The molecule has 0 amide bonds. The summed E-state index contributed by atoms with van der Waals surface area (Å²) in [6.45, 7) is 2.00. The second kappa shape index (κ2) is 6.75. The molecular formula is C17H20N4O. The second-order valence-electron chi connectivity index (χ2n) is 5.85. The number of hydrogen-bond acceptors (Lipinski definition) is 5.